The van der Waals surface area contributed by atoms with Crippen LogP contribution in [0, 0.1) is 11.8 Å². The smallest absolute Gasteiger partial charge is 0.237 e. The van der Waals surface area contributed by atoms with Crippen molar-refractivity contribution in [2.24, 2.45) is 11.8 Å². The van der Waals surface area contributed by atoms with E-state index in [1.54, 1.807) is 0 Å². The summed E-state index contributed by atoms with van der Waals surface area (Å²) in [4.78, 5) is 42.6. The molecule has 2 bridgehead atoms. The van der Waals surface area contributed by atoms with Crippen LogP contribution in [0.5, 0.6) is 0 Å². The van der Waals surface area contributed by atoms with E-state index in [0.29, 0.717) is 44.8 Å². The van der Waals surface area contributed by atoms with Gasteiger partial charge in [-0.3, -0.25) is 19.3 Å². The molecule has 35 heavy (non-hydrogen) atoms. The van der Waals surface area contributed by atoms with Gasteiger partial charge in [0, 0.05) is 44.7 Å². The second kappa shape index (κ2) is 13.0. The zero-order chi connectivity index (χ0) is 25.5. The number of carbonyl (C=O) groups excluding carboxylic acids is 3. The maximum absolute atomic E-state index is 13.1. The minimum atomic E-state index is -0.965. The van der Waals surface area contributed by atoms with Crippen LogP contribution in [0.3, 0.4) is 0 Å². The standard InChI is InChI=1S/C25H45N5O5/c1-16(2)30-15-19-11-22(30)25(35)27-7-4-18-14-29(3)9-6-17(18)10-23(33)26-8-5-20(31)12-21(32)13-24(34)28-19/h16-22,31-32H,4-15H2,1-3H3,(H,26,33)(H,27,35)(H,28,34)/t17-,18-,19-,20+,21+,22-/m0/s1. The summed E-state index contributed by atoms with van der Waals surface area (Å²) >= 11 is 0. The maximum Gasteiger partial charge on any atom is 0.237 e. The van der Waals surface area contributed by atoms with Crippen molar-refractivity contribution in [3.8, 4) is 0 Å². The summed E-state index contributed by atoms with van der Waals surface area (Å²) in [5, 5.41) is 29.5. The van der Waals surface area contributed by atoms with E-state index in [1.807, 2.05) is 13.8 Å². The second-order valence-electron chi connectivity index (χ2n) is 11.0. The highest BCUT2D eigenvalue weighted by Crippen LogP contribution is 2.28. The molecular weight excluding hydrogens is 450 g/mol. The molecule has 0 radical (unpaired) electrons. The first-order valence-corrected chi connectivity index (χ1v) is 13.3. The number of piperidine rings is 1. The lowest BCUT2D eigenvalue weighted by Crippen LogP contribution is -2.47. The van der Waals surface area contributed by atoms with Gasteiger partial charge in [0.1, 0.15) is 0 Å². The predicted molar refractivity (Wildman–Crippen MR) is 132 cm³/mol. The molecule has 3 rings (SSSR count). The zero-order valence-electron chi connectivity index (χ0n) is 21.5. The fourth-order valence-corrected chi connectivity index (χ4v) is 5.86. The van der Waals surface area contributed by atoms with Crippen LogP contribution in [-0.2, 0) is 14.4 Å². The van der Waals surface area contributed by atoms with Gasteiger partial charge in [0.15, 0.2) is 0 Å². The molecule has 3 aliphatic rings. The summed E-state index contributed by atoms with van der Waals surface area (Å²) in [6.45, 7) is 7.43. The lowest BCUT2D eigenvalue weighted by Gasteiger charge is -2.37. The number of rotatable bonds is 1. The third-order valence-electron chi connectivity index (χ3n) is 7.79. The Hall–Kier alpha value is -1.75. The van der Waals surface area contributed by atoms with Gasteiger partial charge in [-0.1, -0.05) is 0 Å². The zero-order valence-corrected chi connectivity index (χ0v) is 21.5. The van der Waals surface area contributed by atoms with Gasteiger partial charge in [-0.2, -0.15) is 0 Å². The molecule has 10 nitrogen and oxygen atoms in total. The first kappa shape index (κ1) is 27.8. The van der Waals surface area contributed by atoms with E-state index in [9.17, 15) is 24.6 Å². The number of nitrogens with one attached hydrogen (secondary N) is 3. The average Bonchev–Trinajstić information content (AvgIpc) is 3.18. The summed E-state index contributed by atoms with van der Waals surface area (Å²) in [5.41, 5.74) is 0. The topological polar surface area (TPSA) is 134 Å². The summed E-state index contributed by atoms with van der Waals surface area (Å²) in [6, 6.07) is -0.312. The Kier molecular flexibility index (Phi) is 10.3. The number of hydrogen-bond acceptors (Lipinski definition) is 7. The molecule has 6 atom stereocenters. The predicted octanol–water partition coefficient (Wildman–Crippen LogP) is -0.560. The van der Waals surface area contributed by atoms with Crippen molar-refractivity contribution >= 4 is 17.7 Å². The molecule has 0 aromatic rings. The minimum Gasteiger partial charge on any atom is -0.393 e. The molecule has 3 heterocycles. The average molecular weight is 496 g/mol. The van der Waals surface area contributed by atoms with Crippen molar-refractivity contribution in [2.45, 2.75) is 89.1 Å². The minimum absolute atomic E-state index is 0.0218. The molecule has 3 aliphatic heterocycles. The summed E-state index contributed by atoms with van der Waals surface area (Å²) in [7, 11) is 2.09. The number of aliphatic hydroxyl groups excluding tert-OH is 2. The van der Waals surface area contributed by atoms with Crippen LogP contribution in [0.4, 0.5) is 0 Å². The number of hydrogen-bond donors (Lipinski definition) is 5. The van der Waals surface area contributed by atoms with Gasteiger partial charge >= 0.3 is 0 Å². The Balaban J connectivity index is 1.69. The Labute approximate surface area is 209 Å². The molecular formula is C25H45N5O5. The van der Waals surface area contributed by atoms with Crippen molar-refractivity contribution in [3.05, 3.63) is 0 Å². The molecule has 3 amide bonds. The number of nitrogens with zero attached hydrogens (tertiary/aromatic N) is 2. The van der Waals surface area contributed by atoms with E-state index >= 15 is 0 Å². The van der Waals surface area contributed by atoms with E-state index in [-0.39, 0.29) is 54.6 Å². The van der Waals surface area contributed by atoms with Gasteiger partial charge < -0.3 is 31.1 Å². The molecule has 0 saturated carbocycles. The normalized spacial score (nSPS) is 35.7. The van der Waals surface area contributed by atoms with Crippen molar-refractivity contribution in [1.82, 2.24) is 25.8 Å². The molecule has 200 valence electrons. The van der Waals surface area contributed by atoms with Gasteiger partial charge in [-0.05, 0) is 71.4 Å². The third kappa shape index (κ3) is 8.41. The molecule has 3 saturated heterocycles. The van der Waals surface area contributed by atoms with Gasteiger partial charge in [-0.15, -0.1) is 0 Å². The highest BCUT2D eigenvalue weighted by Gasteiger charge is 2.39. The molecule has 0 aromatic heterocycles. The first-order chi connectivity index (χ1) is 16.6. The monoisotopic (exact) mass is 495 g/mol. The van der Waals surface area contributed by atoms with Gasteiger partial charge in [0.2, 0.25) is 17.7 Å². The van der Waals surface area contributed by atoms with Crippen LogP contribution in [-0.4, -0.2) is 108 Å². The summed E-state index contributed by atoms with van der Waals surface area (Å²) < 4.78 is 0. The molecule has 0 aliphatic carbocycles. The molecule has 0 unspecified atom stereocenters. The molecule has 5 N–H and O–H groups in total. The number of amides is 3. The SMILES string of the molecule is CC(C)N1C[C@@H]2C[C@H]1C(=O)NCC[C@H]1CN(C)CC[C@H]1CC(=O)NCC[C@@H](O)C[C@@H](O)CC(=O)N2. The van der Waals surface area contributed by atoms with E-state index in [1.165, 1.54) is 0 Å². The first-order valence-electron chi connectivity index (χ1n) is 13.3. The van der Waals surface area contributed by atoms with E-state index in [4.69, 9.17) is 0 Å². The van der Waals surface area contributed by atoms with Crippen LogP contribution in [0.25, 0.3) is 0 Å². The quantitative estimate of drug-likeness (QED) is 0.329. The van der Waals surface area contributed by atoms with Crippen LogP contribution in [0.2, 0.25) is 0 Å². The lowest BCUT2D eigenvalue weighted by atomic mass is 9.81. The largest absolute Gasteiger partial charge is 0.393 e. The molecule has 3 fully saturated rings. The number of likely N-dealkylation sites (tertiary alicyclic amines) is 2. The maximum atomic E-state index is 13.1. The van der Waals surface area contributed by atoms with E-state index in [0.717, 1.165) is 25.9 Å². The highest BCUT2D eigenvalue weighted by atomic mass is 16.3. The molecule has 0 spiro atoms. The van der Waals surface area contributed by atoms with Crippen LogP contribution >= 0.6 is 0 Å². The Morgan fingerprint density at radius 3 is 2.34 bits per heavy atom. The highest BCUT2D eigenvalue weighted by molar-refractivity contribution is 5.83. The van der Waals surface area contributed by atoms with Crippen molar-refractivity contribution < 1.29 is 24.6 Å². The van der Waals surface area contributed by atoms with Crippen LogP contribution in [0.1, 0.15) is 58.8 Å². The van der Waals surface area contributed by atoms with Crippen LogP contribution < -0.4 is 16.0 Å². The van der Waals surface area contributed by atoms with Gasteiger partial charge in [0.05, 0.1) is 24.7 Å². The van der Waals surface area contributed by atoms with Crippen LogP contribution in [0.15, 0.2) is 0 Å². The molecule has 0 aromatic carbocycles. The Morgan fingerprint density at radius 1 is 0.857 bits per heavy atom. The number of fused-ring (bicyclic) bond motifs is 3. The summed E-state index contributed by atoms with van der Waals surface area (Å²) in [5.74, 6) is 0.252. The molecule has 10 heteroatoms. The van der Waals surface area contributed by atoms with Crippen molar-refractivity contribution in [3.63, 3.8) is 0 Å². The fraction of sp³-hybridized carbons (Fsp3) is 0.880. The van der Waals surface area contributed by atoms with Crippen molar-refractivity contribution in [1.29, 1.82) is 0 Å². The van der Waals surface area contributed by atoms with Crippen molar-refractivity contribution in [2.75, 3.05) is 39.8 Å². The van der Waals surface area contributed by atoms with Gasteiger partial charge in [-0.25, -0.2) is 0 Å². The fourth-order valence-electron chi connectivity index (χ4n) is 5.86. The lowest BCUT2D eigenvalue weighted by molar-refractivity contribution is -0.127. The number of aliphatic hydroxyl groups is 2. The number of carbonyl (C=O) groups is 3. The second-order valence-corrected chi connectivity index (χ2v) is 11.0. The summed E-state index contributed by atoms with van der Waals surface area (Å²) in [6.07, 6.45) is 1.29. The Bertz CT molecular complexity index is 735. The third-order valence-corrected chi connectivity index (χ3v) is 7.79. The van der Waals surface area contributed by atoms with E-state index < -0.39 is 12.2 Å². The van der Waals surface area contributed by atoms with E-state index in [2.05, 4.69) is 32.8 Å². The Morgan fingerprint density at radius 2 is 1.60 bits per heavy atom. The van der Waals surface area contributed by atoms with Gasteiger partial charge in [0.25, 0.3) is 0 Å².